The molecule has 0 atom stereocenters. The Balaban J connectivity index is 2.02. The second kappa shape index (κ2) is 5.31. The maximum Gasteiger partial charge on any atom is 0.191 e. The van der Waals surface area contributed by atoms with Gasteiger partial charge in [0, 0.05) is 23.8 Å². The van der Waals surface area contributed by atoms with Gasteiger partial charge >= 0.3 is 0 Å². The summed E-state index contributed by atoms with van der Waals surface area (Å²) in [6, 6.07) is 2.37. The average Bonchev–Trinajstić information content (AvgIpc) is 2.71. The molecule has 2 rings (SSSR count). The Morgan fingerprint density at radius 3 is 2.94 bits per heavy atom. The topological polar surface area (TPSA) is 36.4 Å². The summed E-state index contributed by atoms with van der Waals surface area (Å²) in [4.78, 5) is 7.13. The van der Waals surface area contributed by atoms with Gasteiger partial charge in [-0.05, 0) is 36.3 Å². The fraction of sp³-hybridized carbons (Fsp3) is 0.643. The van der Waals surface area contributed by atoms with Crippen molar-refractivity contribution in [2.24, 2.45) is 10.4 Å². The van der Waals surface area contributed by atoms with Gasteiger partial charge in [-0.1, -0.05) is 13.8 Å². The van der Waals surface area contributed by atoms with E-state index in [0.717, 1.165) is 12.5 Å². The molecule has 0 unspecified atom stereocenters. The van der Waals surface area contributed by atoms with E-state index >= 15 is 0 Å². The van der Waals surface area contributed by atoms with Gasteiger partial charge in [-0.25, -0.2) is 0 Å². The van der Waals surface area contributed by atoms with E-state index in [0.29, 0.717) is 5.41 Å². The van der Waals surface area contributed by atoms with Crippen LogP contribution in [0.15, 0.2) is 11.1 Å². The number of nitrogens with one attached hydrogen (secondary N) is 2. The Kier molecular flexibility index (Phi) is 3.95. The molecule has 0 saturated heterocycles. The lowest BCUT2D eigenvalue weighted by atomic mass is 9.77. The Labute approximate surface area is 114 Å². The number of guanidine groups is 1. The summed E-state index contributed by atoms with van der Waals surface area (Å²) in [6.45, 7) is 5.61. The van der Waals surface area contributed by atoms with Crippen LogP contribution in [0.5, 0.6) is 0 Å². The highest BCUT2D eigenvalue weighted by Crippen LogP contribution is 2.38. The first-order valence-corrected chi connectivity index (χ1v) is 7.34. The number of fused-ring (bicyclic) bond motifs is 1. The molecule has 3 nitrogen and oxygen atoms in total. The minimum Gasteiger partial charge on any atom is -0.359 e. The van der Waals surface area contributed by atoms with Crippen molar-refractivity contribution in [3.8, 4) is 0 Å². The fourth-order valence-electron chi connectivity index (χ4n) is 2.48. The van der Waals surface area contributed by atoms with Gasteiger partial charge in [0.15, 0.2) is 5.96 Å². The molecular formula is C14H23N3S. The molecule has 1 aromatic rings. The molecule has 4 heteroatoms. The predicted molar refractivity (Wildman–Crippen MR) is 79.4 cm³/mol. The molecule has 0 radical (unpaired) electrons. The van der Waals surface area contributed by atoms with Gasteiger partial charge in [0.2, 0.25) is 0 Å². The van der Waals surface area contributed by atoms with E-state index in [1.807, 2.05) is 18.4 Å². The van der Waals surface area contributed by atoms with Crippen LogP contribution in [0.2, 0.25) is 0 Å². The van der Waals surface area contributed by atoms with Crippen LogP contribution in [0.4, 0.5) is 0 Å². The molecule has 0 fully saturated rings. The number of aryl methyl sites for hydroxylation is 1. The fourth-order valence-corrected chi connectivity index (χ4v) is 3.61. The summed E-state index contributed by atoms with van der Waals surface area (Å²) in [6.07, 6.45) is 3.78. The second-order valence-corrected chi connectivity index (χ2v) is 6.90. The summed E-state index contributed by atoms with van der Waals surface area (Å²) in [5.74, 6) is 0.849. The molecule has 0 bridgehead atoms. The van der Waals surface area contributed by atoms with Crippen molar-refractivity contribution in [2.45, 2.75) is 39.7 Å². The third-order valence-corrected chi connectivity index (χ3v) is 4.77. The summed E-state index contributed by atoms with van der Waals surface area (Å²) in [7, 11) is 3.68. The van der Waals surface area contributed by atoms with E-state index in [1.54, 1.807) is 17.5 Å². The maximum absolute atomic E-state index is 4.13. The first-order valence-electron chi connectivity index (χ1n) is 6.53. The zero-order chi connectivity index (χ0) is 13.2. The predicted octanol–water partition coefficient (Wildman–Crippen LogP) is 2.56. The first-order chi connectivity index (χ1) is 8.54. The SMILES string of the molecule is CN=C(NC)NCc1cc2c(s1)CCC(C)(C)C2. The normalized spacial score (nSPS) is 18.3. The van der Waals surface area contributed by atoms with Gasteiger partial charge in [-0.2, -0.15) is 0 Å². The van der Waals surface area contributed by atoms with E-state index in [2.05, 4.69) is 35.5 Å². The number of aliphatic imine (C=N–C) groups is 1. The Bertz CT molecular complexity index is 446. The van der Waals surface area contributed by atoms with E-state index < -0.39 is 0 Å². The number of hydrogen-bond acceptors (Lipinski definition) is 2. The molecule has 0 aliphatic heterocycles. The van der Waals surface area contributed by atoms with Gasteiger partial charge in [0.05, 0.1) is 6.54 Å². The molecule has 1 heterocycles. The zero-order valence-electron chi connectivity index (χ0n) is 11.8. The lowest BCUT2D eigenvalue weighted by Gasteiger charge is -2.29. The zero-order valence-corrected chi connectivity index (χ0v) is 12.6. The molecule has 1 aromatic heterocycles. The highest BCUT2D eigenvalue weighted by Gasteiger charge is 2.26. The van der Waals surface area contributed by atoms with E-state index in [4.69, 9.17) is 0 Å². The van der Waals surface area contributed by atoms with Crippen LogP contribution in [-0.4, -0.2) is 20.1 Å². The van der Waals surface area contributed by atoms with Crippen LogP contribution < -0.4 is 10.6 Å². The number of nitrogens with zero attached hydrogens (tertiary/aromatic N) is 1. The number of thiophene rings is 1. The van der Waals surface area contributed by atoms with Crippen molar-refractivity contribution in [3.05, 3.63) is 21.4 Å². The highest BCUT2D eigenvalue weighted by molar-refractivity contribution is 7.12. The molecule has 2 N–H and O–H groups in total. The van der Waals surface area contributed by atoms with Crippen molar-refractivity contribution < 1.29 is 0 Å². The summed E-state index contributed by atoms with van der Waals surface area (Å²) >= 11 is 1.95. The lowest BCUT2D eigenvalue weighted by Crippen LogP contribution is -2.33. The Morgan fingerprint density at radius 2 is 2.28 bits per heavy atom. The monoisotopic (exact) mass is 265 g/mol. The molecular weight excluding hydrogens is 242 g/mol. The van der Waals surface area contributed by atoms with E-state index in [9.17, 15) is 0 Å². The van der Waals surface area contributed by atoms with Crippen LogP contribution in [0.3, 0.4) is 0 Å². The third kappa shape index (κ3) is 3.05. The summed E-state index contributed by atoms with van der Waals surface area (Å²) in [5, 5.41) is 6.35. The van der Waals surface area contributed by atoms with Gasteiger partial charge in [-0.15, -0.1) is 11.3 Å². The number of hydrogen-bond donors (Lipinski definition) is 2. The maximum atomic E-state index is 4.13. The minimum absolute atomic E-state index is 0.472. The van der Waals surface area contributed by atoms with Crippen molar-refractivity contribution in [2.75, 3.05) is 14.1 Å². The largest absolute Gasteiger partial charge is 0.359 e. The lowest BCUT2D eigenvalue weighted by molar-refractivity contribution is 0.318. The molecule has 18 heavy (non-hydrogen) atoms. The first kappa shape index (κ1) is 13.4. The second-order valence-electron chi connectivity index (χ2n) is 5.68. The van der Waals surface area contributed by atoms with E-state index in [-0.39, 0.29) is 0 Å². The molecule has 100 valence electrons. The molecule has 1 aliphatic rings. The van der Waals surface area contributed by atoms with Gasteiger partial charge in [0.25, 0.3) is 0 Å². The minimum atomic E-state index is 0.472. The van der Waals surface area contributed by atoms with Crippen LogP contribution in [0.25, 0.3) is 0 Å². The molecule has 0 spiro atoms. The van der Waals surface area contributed by atoms with Crippen molar-refractivity contribution in [1.29, 1.82) is 0 Å². The standard InChI is InChI=1S/C14H23N3S/c1-14(2)6-5-12-10(8-14)7-11(18-12)9-17-13(15-3)16-4/h7H,5-6,8-9H2,1-4H3,(H2,15,16,17). The Hall–Kier alpha value is -1.03. The molecule has 0 saturated carbocycles. The third-order valence-electron chi connectivity index (χ3n) is 3.54. The van der Waals surface area contributed by atoms with Gasteiger partial charge < -0.3 is 10.6 Å². The van der Waals surface area contributed by atoms with Gasteiger partial charge in [-0.3, -0.25) is 4.99 Å². The average molecular weight is 265 g/mol. The van der Waals surface area contributed by atoms with Crippen LogP contribution in [0, 0.1) is 5.41 Å². The molecule has 0 aromatic carbocycles. The van der Waals surface area contributed by atoms with Crippen molar-refractivity contribution in [3.63, 3.8) is 0 Å². The Morgan fingerprint density at radius 1 is 1.50 bits per heavy atom. The number of rotatable bonds is 2. The molecule has 0 amide bonds. The summed E-state index contributed by atoms with van der Waals surface area (Å²) in [5.41, 5.74) is 2.03. The quantitative estimate of drug-likeness (QED) is 0.637. The van der Waals surface area contributed by atoms with Crippen molar-refractivity contribution in [1.82, 2.24) is 10.6 Å². The van der Waals surface area contributed by atoms with Gasteiger partial charge in [0.1, 0.15) is 0 Å². The van der Waals surface area contributed by atoms with Crippen LogP contribution in [0.1, 0.15) is 35.6 Å². The molecule has 1 aliphatic carbocycles. The van der Waals surface area contributed by atoms with Crippen LogP contribution in [-0.2, 0) is 19.4 Å². The summed E-state index contributed by atoms with van der Waals surface area (Å²) < 4.78 is 0. The van der Waals surface area contributed by atoms with Crippen LogP contribution >= 0.6 is 11.3 Å². The van der Waals surface area contributed by atoms with E-state index in [1.165, 1.54) is 24.1 Å². The van der Waals surface area contributed by atoms with Crippen molar-refractivity contribution >= 4 is 17.3 Å². The highest BCUT2D eigenvalue weighted by atomic mass is 32.1. The smallest absolute Gasteiger partial charge is 0.191 e.